The highest BCUT2D eigenvalue weighted by Gasteiger charge is 2.28. The molecule has 0 amide bonds. The van der Waals surface area contributed by atoms with Gasteiger partial charge in [0.2, 0.25) is 5.82 Å². The van der Waals surface area contributed by atoms with Crippen molar-refractivity contribution < 1.29 is 22.0 Å². The zero-order chi connectivity index (χ0) is 27.3. The van der Waals surface area contributed by atoms with Gasteiger partial charge in [-0.3, -0.25) is 0 Å². The minimum atomic E-state index is -2.18. The molecule has 0 aliphatic carbocycles. The Balaban J connectivity index is 1.66. The van der Waals surface area contributed by atoms with Crippen LogP contribution < -0.4 is 10.6 Å². The summed E-state index contributed by atoms with van der Waals surface area (Å²) in [5.74, 6) is -9.44. The molecular formula is C31H20F5N2P. The van der Waals surface area contributed by atoms with Gasteiger partial charge in [0.15, 0.2) is 23.3 Å². The lowest BCUT2D eigenvalue weighted by Gasteiger charge is -2.21. The van der Waals surface area contributed by atoms with E-state index in [-0.39, 0.29) is 0 Å². The molecule has 39 heavy (non-hydrogen) atoms. The molecule has 1 unspecified atom stereocenters. The molecule has 5 aromatic carbocycles. The second-order valence-electron chi connectivity index (χ2n) is 9.13. The van der Waals surface area contributed by atoms with Crippen molar-refractivity contribution in [2.75, 3.05) is 6.66 Å². The Hall–Kier alpha value is -4.09. The van der Waals surface area contributed by atoms with Crippen molar-refractivity contribution in [1.29, 1.82) is 0 Å². The van der Waals surface area contributed by atoms with Crippen LogP contribution in [0.4, 0.5) is 22.0 Å². The van der Waals surface area contributed by atoms with Gasteiger partial charge in [-0.05, 0) is 48.1 Å². The summed E-state index contributed by atoms with van der Waals surface area (Å²) in [6, 6.07) is 28.7. The molecule has 0 N–H and O–H groups in total. The molecule has 6 rings (SSSR count). The molecule has 0 fully saturated rings. The summed E-state index contributed by atoms with van der Waals surface area (Å²) >= 11 is 0. The molecule has 0 aliphatic heterocycles. The van der Waals surface area contributed by atoms with Crippen molar-refractivity contribution in [1.82, 2.24) is 9.55 Å². The van der Waals surface area contributed by atoms with Crippen LogP contribution in [0.5, 0.6) is 0 Å². The maximum absolute atomic E-state index is 14.9. The van der Waals surface area contributed by atoms with E-state index >= 15 is 0 Å². The number of nitrogens with zero attached hydrogens (tertiary/aromatic N) is 2. The molecule has 0 radical (unpaired) electrons. The number of para-hydroxylation sites is 2. The Morgan fingerprint density at radius 2 is 1.28 bits per heavy atom. The molecule has 194 valence electrons. The Morgan fingerprint density at radius 1 is 0.667 bits per heavy atom. The SMILES string of the molecule is CP(c1ccccc1)c1ccc2ccccc2c1-c1nc2ccccc2n1Cc1c(F)c(F)c(F)c(F)c1F. The standard InChI is InChI=1S/C31H20F5N2P/c1-39(19-10-3-2-4-11-19)24-16-15-18-9-5-6-12-20(18)25(24)31-37-22-13-7-8-14-23(22)38(31)17-21-26(32)28(34)30(36)29(35)27(21)33/h2-16H,17H2,1H3. The van der Waals surface area contributed by atoms with Crippen LogP contribution in [0.3, 0.4) is 0 Å². The molecule has 1 aromatic heterocycles. The van der Waals surface area contributed by atoms with Crippen LogP contribution in [0, 0.1) is 29.1 Å². The third kappa shape index (κ3) is 4.18. The van der Waals surface area contributed by atoms with Crippen molar-refractivity contribution in [3.63, 3.8) is 0 Å². The smallest absolute Gasteiger partial charge is 0.200 e. The Bertz CT molecular complexity index is 1840. The highest BCUT2D eigenvalue weighted by atomic mass is 31.1. The van der Waals surface area contributed by atoms with Crippen LogP contribution in [0.2, 0.25) is 0 Å². The molecule has 0 saturated heterocycles. The van der Waals surface area contributed by atoms with Crippen molar-refractivity contribution in [3.8, 4) is 11.4 Å². The van der Waals surface area contributed by atoms with E-state index in [1.807, 2.05) is 66.7 Å². The summed E-state index contributed by atoms with van der Waals surface area (Å²) in [5, 5.41) is 3.90. The van der Waals surface area contributed by atoms with E-state index in [2.05, 4.69) is 6.66 Å². The number of benzene rings is 5. The molecular weight excluding hydrogens is 526 g/mol. The van der Waals surface area contributed by atoms with E-state index in [4.69, 9.17) is 4.98 Å². The molecule has 6 aromatic rings. The minimum absolute atomic E-state index is 0.386. The highest BCUT2D eigenvalue weighted by molar-refractivity contribution is 7.72. The van der Waals surface area contributed by atoms with Gasteiger partial charge in [0.1, 0.15) is 5.82 Å². The van der Waals surface area contributed by atoms with Gasteiger partial charge in [-0.25, -0.2) is 26.9 Å². The van der Waals surface area contributed by atoms with Crippen LogP contribution in [-0.4, -0.2) is 16.2 Å². The number of aromatic nitrogens is 2. The maximum atomic E-state index is 14.9. The van der Waals surface area contributed by atoms with Gasteiger partial charge in [0, 0.05) is 11.1 Å². The van der Waals surface area contributed by atoms with E-state index in [9.17, 15) is 22.0 Å². The van der Waals surface area contributed by atoms with E-state index in [0.29, 0.717) is 16.9 Å². The fourth-order valence-electron chi connectivity index (χ4n) is 4.94. The number of halogens is 5. The lowest BCUT2D eigenvalue weighted by Crippen LogP contribution is -2.17. The Labute approximate surface area is 222 Å². The summed E-state index contributed by atoms with van der Waals surface area (Å²) < 4.78 is 73.4. The largest absolute Gasteiger partial charge is 0.319 e. The second-order valence-corrected chi connectivity index (χ2v) is 11.3. The van der Waals surface area contributed by atoms with Gasteiger partial charge in [-0.1, -0.05) is 78.9 Å². The molecule has 0 spiro atoms. The van der Waals surface area contributed by atoms with E-state index in [1.165, 1.54) is 4.57 Å². The quantitative estimate of drug-likeness (QED) is 0.0940. The van der Waals surface area contributed by atoms with E-state index in [1.54, 1.807) is 24.3 Å². The summed E-state index contributed by atoms with van der Waals surface area (Å²) in [4.78, 5) is 4.85. The second kappa shape index (κ2) is 9.90. The minimum Gasteiger partial charge on any atom is -0.319 e. The Kier molecular flexibility index (Phi) is 6.40. The fourth-order valence-corrected chi connectivity index (χ4v) is 6.69. The average Bonchev–Trinajstić information content (AvgIpc) is 3.34. The van der Waals surface area contributed by atoms with Gasteiger partial charge in [0.05, 0.1) is 17.6 Å². The van der Waals surface area contributed by atoms with Crippen molar-refractivity contribution >= 4 is 40.3 Å². The first kappa shape index (κ1) is 25.2. The molecule has 0 saturated carbocycles. The summed E-state index contributed by atoms with van der Waals surface area (Å²) in [6.07, 6.45) is 0. The van der Waals surface area contributed by atoms with Crippen LogP contribution >= 0.6 is 7.92 Å². The predicted octanol–water partition coefficient (Wildman–Crippen LogP) is 7.66. The first-order chi connectivity index (χ1) is 18.9. The summed E-state index contributed by atoms with van der Waals surface area (Å²) in [7, 11) is -0.887. The van der Waals surface area contributed by atoms with Gasteiger partial charge in [-0.15, -0.1) is 0 Å². The van der Waals surface area contributed by atoms with Crippen molar-refractivity contribution in [2.45, 2.75) is 6.54 Å². The third-order valence-corrected chi connectivity index (χ3v) is 9.08. The first-order valence-corrected chi connectivity index (χ1v) is 13.9. The average molecular weight is 546 g/mol. The topological polar surface area (TPSA) is 17.8 Å². The summed E-state index contributed by atoms with van der Waals surface area (Å²) in [6.45, 7) is 1.52. The predicted molar refractivity (Wildman–Crippen MR) is 147 cm³/mol. The zero-order valence-electron chi connectivity index (χ0n) is 20.6. The number of rotatable bonds is 5. The lowest BCUT2D eigenvalue weighted by molar-refractivity contribution is 0.368. The lowest BCUT2D eigenvalue weighted by atomic mass is 10.0. The monoisotopic (exact) mass is 546 g/mol. The van der Waals surface area contributed by atoms with Crippen molar-refractivity contribution in [2.24, 2.45) is 0 Å². The van der Waals surface area contributed by atoms with Crippen LogP contribution in [0.1, 0.15) is 5.56 Å². The third-order valence-electron chi connectivity index (χ3n) is 6.91. The highest BCUT2D eigenvalue weighted by Crippen LogP contribution is 2.39. The number of hydrogen-bond acceptors (Lipinski definition) is 1. The number of imidazole rings is 1. The van der Waals surface area contributed by atoms with Gasteiger partial charge in [0.25, 0.3) is 0 Å². The van der Waals surface area contributed by atoms with E-state index < -0.39 is 49.1 Å². The van der Waals surface area contributed by atoms with E-state index in [0.717, 1.165) is 26.9 Å². The summed E-state index contributed by atoms with van der Waals surface area (Å²) in [5.41, 5.74) is 0.885. The molecule has 1 atom stereocenters. The van der Waals surface area contributed by atoms with Gasteiger partial charge >= 0.3 is 0 Å². The van der Waals surface area contributed by atoms with Crippen LogP contribution in [0.15, 0.2) is 91.0 Å². The molecule has 8 heteroatoms. The normalized spacial score (nSPS) is 12.4. The molecule has 1 heterocycles. The first-order valence-electron chi connectivity index (χ1n) is 12.1. The number of fused-ring (bicyclic) bond motifs is 2. The van der Waals surface area contributed by atoms with Gasteiger partial charge < -0.3 is 4.57 Å². The zero-order valence-corrected chi connectivity index (χ0v) is 21.5. The fraction of sp³-hybridized carbons (Fsp3) is 0.0645. The Morgan fingerprint density at radius 3 is 2.03 bits per heavy atom. The number of hydrogen-bond donors (Lipinski definition) is 0. The molecule has 2 nitrogen and oxygen atoms in total. The van der Waals surface area contributed by atoms with Crippen LogP contribution in [0.25, 0.3) is 33.2 Å². The maximum Gasteiger partial charge on any atom is 0.200 e. The van der Waals surface area contributed by atoms with Crippen LogP contribution in [-0.2, 0) is 6.54 Å². The van der Waals surface area contributed by atoms with Gasteiger partial charge in [-0.2, -0.15) is 0 Å². The molecule has 0 bridgehead atoms. The van der Waals surface area contributed by atoms with Crippen molar-refractivity contribution in [3.05, 3.63) is 126 Å². The molecule has 0 aliphatic rings.